The quantitative estimate of drug-likeness (QED) is 0.408. The van der Waals surface area contributed by atoms with Crippen LogP contribution in [0.25, 0.3) is 0 Å². The molecule has 0 aromatic carbocycles. The van der Waals surface area contributed by atoms with Gasteiger partial charge in [0.05, 0.1) is 5.71 Å². The van der Waals surface area contributed by atoms with E-state index < -0.39 is 4.84 Å². The van der Waals surface area contributed by atoms with Gasteiger partial charge in [-0.15, -0.1) is 0 Å². The molecule has 0 radical (unpaired) electrons. The summed E-state index contributed by atoms with van der Waals surface area (Å²) in [6, 6.07) is 0. The Morgan fingerprint density at radius 2 is 1.92 bits per heavy atom. The van der Waals surface area contributed by atoms with E-state index in [1.807, 2.05) is 0 Å². The molecule has 0 bridgehead atoms. The summed E-state index contributed by atoms with van der Waals surface area (Å²) in [6.07, 6.45) is 6.28. The highest BCUT2D eigenvalue weighted by atomic mass is 35.5. The van der Waals surface area contributed by atoms with Crippen molar-refractivity contribution in [3.63, 3.8) is 0 Å². The van der Waals surface area contributed by atoms with Gasteiger partial charge in [0.25, 0.3) is 0 Å². The second kappa shape index (κ2) is 5.71. The second-order valence-corrected chi connectivity index (χ2v) is 4.50. The average Bonchev–Trinajstić information content (AvgIpc) is 2.15. The molecule has 1 aliphatic carbocycles. The van der Waals surface area contributed by atoms with E-state index in [1.54, 1.807) is 6.92 Å². The zero-order chi connectivity index (χ0) is 9.68. The minimum atomic E-state index is -0.552. The normalized spacial score (nSPS) is 20.8. The molecule has 1 aliphatic rings. The Morgan fingerprint density at radius 1 is 1.31 bits per heavy atom. The first-order valence-corrected chi connectivity index (χ1v) is 5.56. The lowest BCUT2D eigenvalue weighted by Gasteiger charge is -2.19. The number of alkyl halides is 2. The van der Waals surface area contributed by atoms with Gasteiger partial charge < -0.3 is 4.84 Å². The first-order valence-electron chi connectivity index (χ1n) is 4.68. The number of halogens is 2. The Morgan fingerprint density at radius 3 is 2.46 bits per heavy atom. The van der Waals surface area contributed by atoms with Crippen LogP contribution >= 0.6 is 23.2 Å². The van der Waals surface area contributed by atoms with Gasteiger partial charge in [-0.3, -0.25) is 0 Å². The molecule has 13 heavy (non-hydrogen) atoms. The number of hydrogen-bond acceptors (Lipinski definition) is 2. The van der Waals surface area contributed by atoms with Crippen molar-refractivity contribution < 1.29 is 4.84 Å². The van der Waals surface area contributed by atoms with E-state index in [-0.39, 0.29) is 6.10 Å². The maximum absolute atomic E-state index is 5.60. The van der Waals surface area contributed by atoms with Gasteiger partial charge in [-0.25, -0.2) is 0 Å². The molecule has 76 valence electrons. The van der Waals surface area contributed by atoms with Gasteiger partial charge >= 0.3 is 0 Å². The van der Waals surface area contributed by atoms with E-state index in [4.69, 9.17) is 28.0 Å². The van der Waals surface area contributed by atoms with E-state index in [0.29, 0.717) is 5.71 Å². The van der Waals surface area contributed by atoms with Crippen molar-refractivity contribution in [2.75, 3.05) is 0 Å². The molecule has 1 saturated carbocycles. The van der Waals surface area contributed by atoms with E-state index >= 15 is 0 Å². The van der Waals surface area contributed by atoms with Crippen LogP contribution < -0.4 is 0 Å². The first kappa shape index (κ1) is 11.1. The van der Waals surface area contributed by atoms with Crippen LogP contribution in [-0.2, 0) is 4.84 Å². The van der Waals surface area contributed by atoms with Crippen molar-refractivity contribution in [3.8, 4) is 0 Å². The highest BCUT2D eigenvalue weighted by molar-refractivity contribution is 6.54. The summed E-state index contributed by atoms with van der Waals surface area (Å²) in [5.74, 6) is 0. The van der Waals surface area contributed by atoms with Crippen molar-refractivity contribution >= 4 is 28.9 Å². The lowest BCUT2D eigenvalue weighted by Crippen LogP contribution is -2.15. The summed E-state index contributed by atoms with van der Waals surface area (Å²) in [7, 11) is 0. The van der Waals surface area contributed by atoms with Gasteiger partial charge in [0.2, 0.25) is 0 Å². The molecule has 0 aromatic rings. The molecule has 0 unspecified atom stereocenters. The molecule has 0 atom stereocenters. The van der Waals surface area contributed by atoms with E-state index in [9.17, 15) is 0 Å². The van der Waals surface area contributed by atoms with Crippen LogP contribution in [-0.4, -0.2) is 16.7 Å². The Bertz CT molecular complexity index is 176. The fourth-order valence-electron chi connectivity index (χ4n) is 1.37. The SMILES string of the molecule is CC(=NOC1CCCCC1)C(Cl)Cl. The highest BCUT2D eigenvalue weighted by Gasteiger charge is 2.14. The van der Waals surface area contributed by atoms with Crippen LogP contribution in [0, 0.1) is 0 Å². The fourth-order valence-corrected chi connectivity index (χ4v) is 1.45. The molecule has 1 fully saturated rings. The van der Waals surface area contributed by atoms with Crippen LogP contribution in [0.5, 0.6) is 0 Å². The van der Waals surface area contributed by atoms with Crippen molar-refractivity contribution in [3.05, 3.63) is 0 Å². The third-order valence-corrected chi connectivity index (χ3v) is 2.85. The Balaban J connectivity index is 2.27. The van der Waals surface area contributed by atoms with Gasteiger partial charge in [0.1, 0.15) is 10.9 Å². The smallest absolute Gasteiger partial charge is 0.148 e. The van der Waals surface area contributed by atoms with Crippen LogP contribution in [0.3, 0.4) is 0 Å². The molecule has 0 amide bonds. The summed E-state index contributed by atoms with van der Waals surface area (Å²) in [4.78, 5) is 4.77. The summed E-state index contributed by atoms with van der Waals surface area (Å²) < 4.78 is 0. The Labute approximate surface area is 89.2 Å². The topological polar surface area (TPSA) is 21.6 Å². The standard InChI is InChI=1S/C9H15Cl2NO/c1-7(9(10)11)12-13-8-5-3-2-4-6-8/h8-9H,2-6H2,1H3. The van der Waals surface area contributed by atoms with Gasteiger partial charge in [-0.05, 0) is 32.6 Å². The maximum Gasteiger partial charge on any atom is 0.148 e. The molecular weight excluding hydrogens is 209 g/mol. The fraction of sp³-hybridized carbons (Fsp3) is 0.889. The number of nitrogens with zero attached hydrogens (tertiary/aromatic N) is 1. The van der Waals surface area contributed by atoms with Crippen LogP contribution in [0.15, 0.2) is 5.16 Å². The predicted molar refractivity (Wildman–Crippen MR) is 56.6 cm³/mol. The van der Waals surface area contributed by atoms with Crippen molar-refractivity contribution in [2.45, 2.75) is 50.0 Å². The highest BCUT2D eigenvalue weighted by Crippen LogP contribution is 2.20. The molecule has 0 saturated heterocycles. The lowest BCUT2D eigenvalue weighted by atomic mass is 9.98. The van der Waals surface area contributed by atoms with E-state index in [1.165, 1.54) is 19.3 Å². The second-order valence-electron chi connectivity index (χ2n) is 3.40. The van der Waals surface area contributed by atoms with Crippen molar-refractivity contribution in [1.29, 1.82) is 0 Å². The summed E-state index contributed by atoms with van der Waals surface area (Å²) in [5.41, 5.74) is 0.633. The van der Waals surface area contributed by atoms with E-state index in [2.05, 4.69) is 5.16 Å². The zero-order valence-electron chi connectivity index (χ0n) is 7.80. The first-order chi connectivity index (χ1) is 6.20. The number of oxime groups is 1. The summed E-state index contributed by atoms with van der Waals surface area (Å²) in [6.45, 7) is 1.77. The molecule has 4 heteroatoms. The zero-order valence-corrected chi connectivity index (χ0v) is 9.31. The minimum Gasteiger partial charge on any atom is -0.392 e. The molecule has 0 N–H and O–H groups in total. The molecule has 2 nitrogen and oxygen atoms in total. The lowest BCUT2D eigenvalue weighted by molar-refractivity contribution is 0.0327. The van der Waals surface area contributed by atoms with Crippen molar-refractivity contribution in [1.82, 2.24) is 0 Å². The molecule has 1 rings (SSSR count). The van der Waals surface area contributed by atoms with Crippen LogP contribution in [0.1, 0.15) is 39.0 Å². The molecule has 0 aromatic heterocycles. The molecule has 0 aliphatic heterocycles. The van der Waals surface area contributed by atoms with Gasteiger partial charge in [0.15, 0.2) is 0 Å². The summed E-state index contributed by atoms with van der Waals surface area (Å²) >= 11 is 11.2. The number of hydrogen-bond donors (Lipinski definition) is 0. The van der Waals surface area contributed by atoms with Crippen molar-refractivity contribution in [2.24, 2.45) is 5.16 Å². The Kier molecular flexibility index (Phi) is 4.89. The summed E-state index contributed by atoms with van der Waals surface area (Å²) in [5, 5.41) is 3.90. The third-order valence-electron chi connectivity index (χ3n) is 2.21. The molecular formula is C9H15Cl2NO. The van der Waals surface area contributed by atoms with Crippen LogP contribution in [0.4, 0.5) is 0 Å². The van der Waals surface area contributed by atoms with Gasteiger partial charge in [-0.1, -0.05) is 34.8 Å². The molecule has 0 spiro atoms. The van der Waals surface area contributed by atoms with Gasteiger partial charge in [0, 0.05) is 0 Å². The average molecular weight is 224 g/mol. The van der Waals surface area contributed by atoms with E-state index in [0.717, 1.165) is 12.8 Å². The largest absolute Gasteiger partial charge is 0.392 e. The van der Waals surface area contributed by atoms with Crippen LogP contribution in [0.2, 0.25) is 0 Å². The third kappa shape index (κ3) is 4.19. The minimum absolute atomic E-state index is 0.274. The number of rotatable bonds is 3. The molecule has 0 heterocycles. The predicted octanol–water partition coefficient (Wildman–Crippen LogP) is 3.52. The van der Waals surface area contributed by atoms with Gasteiger partial charge in [-0.2, -0.15) is 0 Å². The monoisotopic (exact) mass is 223 g/mol. The maximum atomic E-state index is 5.60. The Hall–Kier alpha value is 0.0500.